The Hall–Kier alpha value is -2.44. The van der Waals surface area contributed by atoms with Crippen LogP contribution < -0.4 is 16.0 Å². The zero-order valence-corrected chi connectivity index (χ0v) is 12.4. The third-order valence-corrected chi connectivity index (χ3v) is 5.08. The molecular formula is C12H8ClN2O6P. The normalized spacial score (nSPS) is 11.5. The smallest absolute Gasteiger partial charge is 0.416 e. The first-order valence-corrected chi connectivity index (χ1v) is 7.81. The van der Waals surface area contributed by atoms with E-state index in [1.165, 1.54) is 24.3 Å². The fourth-order valence-electron chi connectivity index (χ4n) is 1.72. The van der Waals surface area contributed by atoms with E-state index in [0.29, 0.717) is 13.7 Å². The third kappa shape index (κ3) is 2.43. The summed E-state index contributed by atoms with van der Waals surface area (Å²) in [5, 5.41) is 0.447. The molecule has 2 heterocycles. The van der Waals surface area contributed by atoms with E-state index in [0.717, 1.165) is 24.9 Å². The van der Waals surface area contributed by atoms with Crippen LogP contribution in [0.4, 0.5) is 0 Å². The summed E-state index contributed by atoms with van der Waals surface area (Å²) in [5.41, 5.74) is 0. The predicted molar refractivity (Wildman–Crippen MR) is 76.4 cm³/mol. The number of nitrogens with zero attached hydrogens (tertiary/aromatic N) is 2. The molecular weight excluding hydrogens is 335 g/mol. The van der Waals surface area contributed by atoms with Gasteiger partial charge < -0.3 is 13.4 Å². The molecule has 1 aromatic carbocycles. The average Bonchev–Trinajstić information content (AvgIpc) is 3.10. The van der Waals surface area contributed by atoms with Crippen molar-refractivity contribution in [1.29, 1.82) is 0 Å². The lowest BCUT2D eigenvalue weighted by Gasteiger charge is -2.18. The van der Waals surface area contributed by atoms with Crippen molar-refractivity contribution >= 4 is 19.3 Å². The van der Waals surface area contributed by atoms with Gasteiger partial charge in [-0.15, -0.1) is 0 Å². The summed E-state index contributed by atoms with van der Waals surface area (Å²) < 4.78 is 29.2. The van der Waals surface area contributed by atoms with Crippen LogP contribution in [0.15, 0.2) is 67.6 Å². The van der Waals surface area contributed by atoms with Gasteiger partial charge in [0, 0.05) is 5.02 Å². The SMILES string of the molecule is O=c1occn1P(=O)(Oc1ccc(Cl)cc1)n1ccoc1=O. The molecule has 0 saturated heterocycles. The lowest BCUT2D eigenvalue weighted by Crippen LogP contribution is -2.24. The monoisotopic (exact) mass is 342 g/mol. The highest BCUT2D eigenvalue weighted by Crippen LogP contribution is 2.47. The first-order valence-electron chi connectivity index (χ1n) is 5.90. The maximum Gasteiger partial charge on any atom is 0.467 e. The van der Waals surface area contributed by atoms with E-state index in [1.807, 2.05) is 0 Å². The van der Waals surface area contributed by atoms with Crippen LogP contribution in [0.5, 0.6) is 5.75 Å². The van der Waals surface area contributed by atoms with Crippen molar-refractivity contribution in [3.05, 3.63) is 75.3 Å². The molecule has 0 spiro atoms. The van der Waals surface area contributed by atoms with Crippen molar-refractivity contribution in [2.24, 2.45) is 0 Å². The summed E-state index contributed by atoms with van der Waals surface area (Å²) in [6, 6.07) is 5.92. The summed E-state index contributed by atoms with van der Waals surface area (Å²) in [7, 11) is -4.16. The summed E-state index contributed by atoms with van der Waals surface area (Å²) >= 11 is 5.77. The lowest BCUT2D eigenvalue weighted by atomic mass is 10.3. The Kier molecular flexibility index (Phi) is 3.56. The molecule has 0 saturated carbocycles. The van der Waals surface area contributed by atoms with Gasteiger partial charge in [0.2, 0.25) is 0 Å². The van der Waals surface area contributed by atoms with Gasteiger partial charge in [-0.3, -0.25) is 0 Å². The molecule has 10 heteroatoms. The highest BCUT2D eigenvalue weighted by Gasteiger charge is 2.35. The second-order valence-corrected chi connectivity index (χ2v) is 6.52. The number of hydrogen-bond donors (Lipinski definition) is 0. The highest BCUT2D eigenvalue weighted by molar-refractivity contribution is 7.56. The van der Waals surface area contributed by atoms with Crippen molar-refractivity contribution in [3.8, 4) is 5.75 Å². The van der Waals surface area contributed by atoms with E-state index in [9.17, 15) is 14.2 Å². The minimum atomic E-state index is -4.16. The summed E-state index contributed by atoms with van der Waals surface area (Å²) in [5.74, 6) is -1.73. The number of aromatic nitrogens is 2. The van der Waals surface area contributed by atoms with Gasteiger partial charge in [0.25, 0.3) is 0 Å². The molecule has 0 aliphatic carbocycles. The van der Waals surface area contributed by atoms with Crippen molar-refractivity contribution < 1.29 is 17.9 Å². The van der Waals surface area contributed by atoms with Crippen LogP contribution in [0, 0.1) is 0 Å². The van der Waals surface area contributed by atoms with Crippen LogP contribution in [0.25, 0.3) is 0 Å². The second-order valence-electron chi connectivity index (χ2n) is 4.06. The Labute approximate surface area is 127 Å². The molecule has 0 N–H and O–H groups in total. The number of rotatable bonds is 4. The lowest BCUT2D eigenvalue weighted by molar-refractivity contribution is 0.435. The van der Waals surface area contributed by atoms with Gasteiger partial charge in [-0.2, -0.15) is 8.68 Å². The Morgan fingerprint density at radius 3 is 1.86 bits per heavy atom. The number of hydrogen-bond acceptors (Lipinski definition) is 6. The molecule has 22 heavy (non-hydrogen) atoms. The van der Waals surface area contributed by atoms with E-state index in [2.05, 4.69) is 8.83 Å². The van der Waals surface area contributed by atoms with Crippen LogP contribution in [-0.4, -0.2) is 8.68 Å². The molecule has 0 radical (unpaired) electrons. The van der Waals surface area contributed by atoms with E-state index in [4.69, 9.17) is 16.1 Å². The van der Waals surface area contributed by atoms with Crippen LogP contribution >= 0.6 is 19.3 Å². The van der Waals surface area contributed by atoms with Crippen molar-refractivity contribution in [1.82, 2.24) is 8.68 Å². The summed E-state index contributed by atoms with van der Waals surface area (Å²) in [6.45, 7) is 0. The minimum absolute atomic E-state index is 0.147. The molecule has 0 amide bonds. The standard InChI is InChI=1S/C12H8ClN2O6P/c13-9-1-3-10(4-2-9)21-22(18,14-5-7-19-11(14)16)15-6-8-20-12(15)17/h1-8H. The molecule has 2 aromatic heterocycles. The molecule has 0 fully saturated rings. The fourth-order valence-corrected chi connectivity index (χ4v) is 3.58. The van der Waals surface area contributed by atoms with Gasteiger partial charge in [0.1, 0.15) is 18.3 Å². The van der Waals surface area contributed by atoms with Crippen LogP contribution in [0.3, 0.4) is 0 Å². The quantitative estimate of drug-likeness (QED) is 0.675. The van der Waals surface area contributed by atoms with Gasteiger partial charge in [0.15, 0.2) is 0 Å². The number of benzene rings is 1. The van der Waals surface area contributed by atoms with E-state index in [1.54, 1.807) is 0 Å². The van der Waals surface area contributed by atoms with Gasteiger partial charge in [0.05, 0.1) is 12.4 Å². The van der Waals surface area contributed by atoms with Crippen molar-refractivity contribution in [2.75, 3.05) is 0 Å². The maximum absolute atomic E-state index is 13.2. The molecule has 114 valence electrons. The first kappa shape index (κ1) is 14.5. The van der Waals surface area contributed by atoms with Gasteiger partial charge in [-0.05, 0) is 24.3 Å². The molecule has 8 nitrogen and oxygen atoms in total. The van der Waals surface area contributed by atoms with E-state index >= 15 is 0 Å². The van der Waals surface area contributed by atoms with Crippen molar-refractivity contribution in [2.45, 2.75) is 0 Å². The molecule has 3 aromatic rings. The Morgan fingerprint density at radius 1 is 0.955 bits per heavy atom. The number of halogens is 1. The largest absolute Gasteiger partial charge is 0.467 e. The Morgan fingerprint density at radius 2 is 1.45 bits per heavy atom. The zero-order chi connectivity index (χ0) is 15.7. The Balaban J connectivity index is 2.16. The van der Waals surface area contributed by atoms with E-state index < -0.39 is 19.2 Å². The molecule has 0 bridgehead atoms. The van der Waals surface area contributed by atoms with Crippen LogP contribution in [0.2, 0.25) is 5.02 Å². The molecule has 0 atom stereocenters. The fraction of sp³-hybridized carbons (Fsp3) is 0. The highest BCUT2D eigenvalue weighted by atomic mass is 35.5. The number of oxazole rings is 2. The topological polar surface area (TPSA) is 96.6 Å². The summed E-state index contributed by atoms with van der Waals surface area (Å²) in [4.78, 5) is 23.4. The average molecular weight is 343 g/mol. The van der Waals surface area contributed by atoms with Gasteiger partial charge in [-0.1, -0.05) is 11.6 Å². The van der Waals surface area contributed by atoms with Crippen LogP contribution in [0.1, 0.15) is 0 Å². The second kappa shape index (κ2) is 5.40. The van der Waals surface area contributed by atoms with Gasteiger partial charge in [-0.25, -0.2) is 14.2 Å². The first-order chi connectivity index (χ1) is 10.5. The molecule has 0 unspecified atom stereocenters. The van der Waals surface area contributed by atoms with E-state index in [-0.39, 0.29) is 5.75 Å². The zero-order valence-electron chi connectivity index (χ0n) is 10.8. The minimum Gasteiger partial charge on any atom is -0.416 e. The summed E-state index contributed by atoms with van der Waals surface area (Å²) in [6.07, 6.45) is 4.29. The molecule has 0 aliphatic rings. The third-order valence-electron chi connectivity index (χ3n) is 2.70. The van der Waals surface area contributed by atoms with Gasteiger partial charge >= 0.3 is 19.2 Å². The van der Waals surface area contributed by atoms with Crippen LogP contribution in [-0.2, 0) is 4.57 Å². The maximum atomic E-state index is 13.2. The molecule has 0 aliphatic heterocycles. The predicted octanol–water partition coefficient (Wildman–Crippen LogP) is 2.43. The molecule has 3 rings (SSSR count). The van der Waals surface area contributed by atoms with Crippen molar-refractivity contribution in [3.63, 3.8) is 0 Å². The Bertz CT molecular complexity index is 898.